The van der Waals surface area contributed by atoms with Gasteiger partial charge >= 0.3 is 0 Å². The second kappa shape index (κ2) is 8.48. The summed E-state index contributed by atoms with van der Waals surface area (Å²) in [5, 5.41) is 5.74. The molecule has 0 aliphatic carbocycles. The number of piperazine rings is 1. The lowest BCUT2D eigenvalue weighted by molar-refractivity contribution is 0.0276. The largest absolute Gasteiger partial charge is 0.371 e. The highest BCUT2D eigenvalue weighted by Gasteiger charge is 2.33. The number of aliphatic imine (C=N–C) groups is 1. The lowest BCUT2D eigenvalue weighted by Crippen LogP contribution is -2.62. The lowest BCUT2D eigenvalue weighted by Gasteiger charge is -2.49. The molecule has 7 heteroatoms. The predicted molar refractivity (Wildman–Crippen MR) is 131 cm³/mol. The Hall–Kier alpha value is -3.03. The third kappa shape index (κ3) is 3.82. The molecule has 2 fully saturated rings. The van der Waals surface area contributed by atoms with Gasteiger partial charge < -0.3 is 9.80 Å². The molecule has 0 saturated carbocycles. The van der Waals surface area contributed by atoms with Crippen LogP contribution in [-0.4, -0.2) is 88.5 Å². The second-order valence-corrected chi connectivity index (χ2v) is 8.98. The minimum Gasteiger partial charge on any atom is -0.371 e. The molecule has 0 radical (unpaired) electrons. The number of benzene rings is 1. The Bertz CT molecular complexity index is 1160. The fourth-order valence-corrected chi connectivity index (χ4v) is 4.75. The van der Waals surface area contributed by atoms with E-state index < -0.39 is 0 Å². The number of nitrogens with zero attached hydrogens (tertiary/aromatic N) is 7. The standard InChI is InChI=1S/C25H31N7/c1-18-13-22(21-7-5-6-8-24(21)28-18)23-14-27-32(25(23)26-3)15-19(2)31-16-20(17-31)30-11-9-29(4)10-12-30/h5-8,13-15,20H,3,9-12,16-17H2,1-2,4H3/b19-15+. The van der Waals surface area contributed by atoms with Crippen molar-refractivity contribution in [1.82, 2.24) is 29.5 Å². The van der Waals surface area contributed by atoms with Gasteiger partial charge in [0, 0.05) is 73.9 Å². The van der Waals surface area contributed by atoms with Gasteiger partial charge in [-0.15, -0.1) is 0 Å². The Morgan fingerprint density at radius 2 is 1.88 bits per heavy atom. The van der Waals surface area contributed by atoms with Crippen LogP contribution in [0.5, 0.6) is 0 Å². The van der Waals surface area contributed by atoms with Crippen molar-refractivity contribution >= 4 is 29.6 Å². The van der Waals surface area contributed by atoms with Crippen LogP contribution in [0.3, 0.4) is 0 Å². The highest BCUT2D eigenvalue weighted by molar-refractivity contribution is 5.97. The van der Waals surface area contributed by atoms with Crippen LogP contribution in [-0.2, 0) is 0 Å². The first kappa shape index (κ1) is 20.8. The number of likely N-dealkylation sites (N-methyl/N-ethyl adjacent to an activating group) is 1. The van der Waals surface area contributed by atoms with Crippen molar-refractivity contribution in [3.63, 3.8) is 0 Å². The van der Waals surface area contributed by atoms with E-state index in [-0.39, 0.29) is 0 Å². The summed E-state index contributed by atoms with van der Waals surface area (Å²) in [6.07, 6.45) is 3.96. The molecule has 4 heterocycles. The van der Waals surface area contributed by atoms with Crippen LogP contribution in [0.15, 0.2) is 47.2 Å². The molecule has 3 aromatic rings. The van der Waals surface area contributed by atoms with Crippen LogP contribution in [0.2, 0.25) is 0 Å². The number of pyridine rings is 1. The van der Waals surface area contributed by atoms with Crippen molar-refractivity contribution in [2.75, 3.05) is 46.3 Å². The van der Waals surface area contributed by atoms with Gasteiger partial charge in [-0.2, -0.15) is 5.10 Å². The number of likely N-dealkylation sites (tertiary alicyclic amines) is 1. The number of fused-ring (bicyclic) bond motifs is 1. The first-order chi connectivity index (χ1) is 15.5. The minimum absolute atomic E-state index is 0.656. The summed E-state index contributed by atoms with van der Waals surface area (Å²) in [5.41, 5.74) is 5.22. The van der Waals surface area contributed by atoms with Crippen molar-refractivity contribution in [2.45, 2.75) is 19.9 Å². The normalized spacial score (nSPS) is 18.8. The van der Waals surface area contributed by atoms with Crippen LogP contribution < -0.4 is 0 Å². The molecule has 7 nitrogen and oxygen atoms in total. The van der Waals surface area contributed by atoms with Gasteiger partial charge in [-0.25, -0.2) is 9.67 Å². The molecule has 0 N–H and O–H groups in total. The molecule has 2 aliphatic rings. The maximum absolute atomic E-state index is 4.67. The number of aryl methyl sites for hydroxylation is 1. The fraction of sp³-hybridized carbons (Fsp3) is 0.400. The third-order valence-corrected chi connectivity index (χ3v) is 6.78. The van der Waals surface area contributed by atoms with E-state index in [2.05, 4.69) is 68.8 Å². The molecular weight excluding hydrogens is 398 g/mol. The highest BCUT2D eigenvalue weighted by Crippen LogP contribution is 2.35. The third-order valence-electron chi connectivity index (χ3n) is 6.78. The summed E-state index contributed by atoms with van der Waals surface area (Å²) in [6, 6.07) is 11.0. The molecule has 2 aliphatic heterocycles. The molecule has 0 unspecified atom stereocenters. The second-order valence-electron chi connectivity index (χ2n) is 8.98. The smallest absolute Gasteiger partial charge is 0.162 e. The zero-order valence-corrected chi connectivity index (χ0v) is 19.2. The first-order valence-corrected chi connectivity index (χ1v) is 11.3. The van der Waals surface area contributed by atoms with Crippen molar-refractivity contribution in [2.24, 2.45) is 4.99 Å². The van der Waals surface area contributed by atoms with Crippen molar-refractivity contribution < 1.29 is 0 Å². The van der Waals surface area contributed by atoms with Gasteiger partial charge in [-0.05, 0) is 45.3 Å². The van der Waals surface area contributed by atoms with Crippen molar-refractivity contribution in [3.8, 4) is 11.1 Å². The van der Waals surface area contributed by atoms with E-state index >= 15 is 0 Å². The molecule has 1 aromatic carbocycles. The quantitative estimate of drug-likeness (QED) is 0.581. The number of rotatable bonds is 5. The Morgan fingerprint density at radius 3 is 2.62 bits per heavy atom. The van der Waals surface area contributed by atoms with E-state index in [1.54, 1.807) is 0 Å². The number of para-hydroxylation sites is 1. The van der Waals surface area contributed by atoms with Gasteiger partial charge in [0.15, 0.2) is 5.82 Å². The van der Waals surface area contributed by atoms with Crippen molar-refractivity contribution in [1.29, 1.82) is 0 Å². The minimum atomic E-state index is 0.656. The summed E-state index contributed by atoms with van der Waals surface area (Å²) < 4.78 is 1.85. The molecule has 5 rings (SSSR count). The van der Waals surface area contributed by atoms with Crippen molar-refractivity contribution in [3.05, 3.63) is 47.9 Å². The number of hydrogen-bond acceptors (Lipinski definition) is 6. The highest BCUT2D eigenvalue weighted by atomic mass is 15.4. The van der Waals surface area contributed by atoms with Gasteiger partial charge in [0.25, 0.3) is 0 Å². The predicted octanol–water partition coefficient (Wildman–Crippen LogP) is 3.49. The molecule has 166 valence electrons. The monoisotopic (exact) mass is 429 g/mol. The maximum Gasteiger partial charge on any atom is 0.162 e. The van der Waals surface area contributed by atoms with Crippen LogP contribution in [0.4, 0.5) is 5.82 Å². The zero-order valence-electron chi connectivity index (χ0n) is 19.2. The average Bonchev–Trinajstić information content (AvgIpc) is 3.15. The molecular formula is C25H31N7. The average molecular weight is 430 g/mol. The Balaban J connectivity index is 1.38. The summed E-state index contributed by atoms with van der Waals surface area (Å²) in [4.78, 5) is 16.5. The first-order valence-electron chi connectivity index (χ1n) is 11.3. The number of hydrogen-bond donors (Lipinski definition) is 0. The van der Waals surface area contributed by atoms with E-state index in [1.165, 1.54) is 31.9 Å². The Labute approximate surface area is 189 Å². The molecule has 2 aromatic heterocycles. The molecule has 0 amide bonds. The molecule has 0 atom stereocenters. The van der Waals surface area contributed by atoms with Crippen LogP contribution in [0, 0.1) is 6.92 Å². The number of allylic oxidation sites excluding steroid dienone is 1. The fourth-order valence-electron chi connectivity index (χ4n) is 4.75. The van der Waals surface area contributed by atoms with Crippen LogP contribution >= 0.6 is 0 Å². The van der Waals surface area contributed by atoms with E-state index in [1.807, 2.05) is 36.0 Å². The molecule has 32 heavy (non-hydrogen) atoms. The van der Waals surface area contributed by atoms with Gasteiger partial charge in [0.2, 0.25) is 0 Å². The van der Waals surface area contributed by atoms with Gasteiger partial charge in [0.05, 0.1) is 11.7 Å². The topological polar surface area (TPSA) is 52.8 Å². The Morgan fingerprint density at radius 1 is 1.12 bits per heavy atom. The number of aromatic nitrogens is 3. The molecule has 0 bridgehead atoms. The van der Waals surface area contributed by atoms with Gasteiger partial charge in [-0.3, -0.25) is 9.88 Å². The van der Waals surface area contributed by atoms with Crippen LogP contribution in [0.1, 0.15) is 12.6 Å². The Kier molecular flexibility index (Phi) is 5.53. The summed E-state index contributed by atoms with van der Waals surface area (Å²) in [6.45, 7) is 14.8. The lowest BCUT2D eigenvalue weighted by atomic mass is 10.0. The van der Waals surface area contributed by atoms with Crippen LogP contribution in [0.25, 0.3) is 28.2 Å². The van der Waals surface area contributed by atoms with E-state index in [9.17, 15) is 0 Å². The SMILES string of the molecule is C=Nc1c(-c2cc(C)nc3ccccc23)cnn1/C=C(\C)N1CC(N2CCN(C)CC2)C1. The van der Waals surface area contributed by atoms with E-state index in [0.717, 1.165) is 46.6 Å². The summed E-state index contributed by atoms with van der Waals surface area (Å²) in [5.74, 6) is 0.760. The summed E-state index contributed by atoms with van der Waals surface area (Å²) >= 11 is 0. The van der Waals surface area contributed by atoms with Gasteiger partial charge in [0.1, 0.15) is 0 Å². The van der Waals surface area contributed by atoms with E-state index in [0.29, 0.717) is 6.04 Å². The van der Waals surface area contributed by atoms with Gasteiger partial charge in [-0.1, -0.05) is 18.2 Å². The maximum atomic E-state index is 4.67. The van der Waals surface area contributed by atoms with E-state index in [4.69, 9.17) is 0 Å². The molecule has 0 spiro atoms. The zero-order chi connectivity index (χ0) is 22.2. The molecule has 2 saturated heterocycles. The summed E-state index contributed by atoms with van der Waals surface area (Å²) in [7, 11) is 2.21.